The van der Waals surface area contributed by atoms with Crippen molar-refractivity contribution < 1.29 is 9.47 Å². The molecule has 0 aromatic carbocycles. The van der Waals surface area contributed by atoms with E-state index in [0.29, 0.717) is 18.6 Å². The van der Waals surface area contributed by atoms with Crippen molar-refractivity contribution in [1.82, 2.24) is 20.0 Å². The second-order valence-corrected chi connectivity index (χ2v) is 5.65. The minimum Gasteiger partial charge on any atom is -0.493 e. The summed E-state index contributed by atoms with van der Waals surface area (Å²) < 4.78 is 12.6. The van der Waals surface area contributed by atoms with Crippen LogP contribution in [0.15, 0.2) is 6.20 Å². The number of likely N-dealkylation sites (N-methyl/N-ethyl adjacent to an activating group) is 1. The van der Waals surface area contributed by atoms with Crippen molar-refractivity contribution >= 4 is 0 Å². The molecule has 0 radical (unpaired) electrons. The molecule has 0 aliphatic carbocycles. The van der Waals surface area contributed by atoms with Crippen molar-refractivity contribution in [3.05, 3.63) is 11.9 Å². The van der Waals surface area contributed by atoms with E-state index in [1.807, 2.05) is 6.20 Å². The first kappa shape index (κ1) is 17.9. The van der Waals surface area contributed by atoms with Gasteiger partial charge in [0.1, 0.15) is 0 Å². The predicted octanol–water partition coefficient (Wildman–Crippen LogP) is 1.18. The lowest BCUT2D eigenvalue weighted by atomic mass is 9.99. The lowest BCUT2D eigenvalue weighted by Gasteiger charge is -2.23. The molecular formula is C15H30N4O2. The van der Waals surface area contributed by atoms with Gasteiger partial charge in [-0.05, 0) is 21.0 Å². The van der Waals surface area contributed by atoms with Crippen LogP contribution in [0.4, 0.5) is 0 Å². The Kier molecular flexibility index (Phi) is 7.71. The van der Waals surface area contributed by atoms with Gasteiger partial charge in [0.15, 0.2) is 5.75 Å². The van der Waals surface area contributed by atoms with Crippen LogP contribution in [0.25, 0.3) is 0 Å². The molecule has 1 heterocycles. The fourth-order valence-corrected chi connectivity index (χ4v) is 2.27. The number of aromatic nitrogens is 2. The van der Waals surface area contributed by atoms with Gasteiger partial charge < -0.3 is 19.7 Å². The number of nitrogens with one attached hydrogen (secondary N) is 1. The van der Waals surface area contributed by atoms with Gasteiger partial charge in [-0.15, -0.1) is 0 Å². The average Bonchev–Trinajstić information content (AvgIpc) is 2.87. The van der Waals surface area contributed by atoms with E-state index in [-0.39, 0.29) is 0 Å². The van der Waals surface area contributed by atoms with E-state index >= 15 is 0 Å². The first-order valence-electron chi connectivity index (χ1n) is 7.48. The van der Waals surface area contributed by atoms with E-state index in [1.165, 1.54) is 0 Å². The van der Waals surface area contributed by atoms with E-state index in [2.05, 4.69) is 47.9 Å². The van der Waals surface area contributed by atoms with Gasteiger partial charge in [-0.1, -0.05) is 6.92 Å². The SMILES string of the molecule is COCCNC(C)C(C)c1c(OC)cnn1CCN(C)C. The summed E-state index contributed by atoms with van der Waals surface area (Å²) in [5.41, 5.74) is 1.15. The molecule has 1 rings (SSSR count). The molecular weight excluding hydrogens is 268 g/mol. The second-order valence-electron chi connectivity index (χ2n) is 5.65. The summed E-state index contributed by atoms with van der Waals surface area (Å²) in [6.07, 6.45) is 1.81. The summed E-state index contributed by atoms with van der Waals surface area (Å²) in [5.74, 6) is 1.17. The van der Waals surface area contributed by atoms with Crippen LogP contribution in [0.1, 0.15) is 25.5 Å². The molecule has 2 unspecified atom stereocenters. The Morgan fingerprint density at radius 2 is 2.05 bits per heavy atom. The lowest BCUT2D eigenvalue weighted by Crippen LogP contribution is -2.34. The smallest absolute Gasteiger partial charge is 0.160 e. The number of ether oxygens (including phenoxy) is 2. The topological polar surface area (TPSA) is 51.5 Å². The van der Waals surface area contributed by atoms with Gasteiger partial charge in [-0.25, -0.2) is 0 Å². The number of rotatable bonds is 10. The molecule has 0 fully saturated rings. The maximum atomic E-state index is 5.48. The van der Waals surface area contributed by atoms with Crippen LogP contribution in [0.2, 0.25) is 0 Å². The third-order valence-electron chi connectivity index (χ3n) is 3.78. The largest absolute Gasteiger partial charge is 0.493 e. The molecule has 0 aliphatic heterocycles. The third kappa shape index (κ3) is 5.30. The molecule has 1 aromatic heterocycles. The Labute approximate surface area is 128 Å². The number of hydrogen-bond acceptors (Lipinski definition) is 5. The zero-order valence-corrected chi connectivity index (χ0v) is 14.2. The summed E-state index contributed by atoms with van der Waals surface area (Å²) in [7, 11) is 7.55. The van der Waals surface area contributed by atoms with Crippen molar-refractivity contribution in [3.63, 3.8) is 0 Å². The highest BCUT2D eigenvalue weighted by molar-refractivity contribution is 5.29. The predicted molar refractivity (Wildman–Crippen MR) is 85.1 cm³/mol. The lowest BCUT2D eigenvalue weighted by molar-refractivity contribution is 0.194. The quantitative estimate of drug-likeness (QED) is 0.657. The van der Waals surface area contributed by atoms with Gasteiger partial charge >= 0.3 is 0 Å². The van der Waals surface area contributed by atoms with Gasteiger partial charge in [0.2, 0.25) is 0 Å². The molecule has 0 bridgehead atoms. The van der Waals surface area contributed by atoms with E-state index in [1.54, 1.807) is 14.2 Å². The zero-order chi connectivity index (χ0) is 15.8. The van der Waals surface area contributed by atoms with Crippen LogP contribution in [-0.4, -0.2) is 68.7 Å². The number of methoxy groups -OCH3 is 2. The van der Waals surface area contributed by atoms with E-state index < -0.39 is 0 Å². The molecule has 2 atom stereocenters. The summed E-state index contributed by atoms with van der Waals surface area (Å²) in [6, 6.07) is 0.323. The molecule has 0 saturated heterocycles. The Hall–Kier alpha value is -1.11. The Bertz CT molecular complexity index is 406. The molecule has 21 heavy (non-hydrogen) atoms. The molecule has 0 spiro atoms. The average molecular weight is 298 g/mol. The van der Waals surface area contributed by atoms with Crippen molar-refractivity contribution in [2.24, 2.45) is 0 Å². The molecule has 122 valence electrons. The van der Waals surface area contributed by atoms with E-state index in [4.69, 9.17) is 9.47 Å². The second kappa shape index (κ2) is 9.02. The summed E-state index contributed by atoms with van der Waals surface area (Å²) >= 11 is 0. The molecule has 0 aliphatic rings. The number of hydrogen-bond donors (Lipinski definition) is 1. The van der Waals surface area contributed by atoms with Gasteiger partial charge in [-0.3, -0.25) is 4.68 Å². The standard InChI is InChI=1S/C15H30N4O2/c1-12(13(2)16-7-10-20-5)15-14(21-6)11-17-19(15)9-8-18(3)4/h11-13,16H,7-10H2,1-6H3. The van der Waals surface area contributed by atoms with Gasteiger partial charge in [0.05, 0.1) is 32.2 Å². The van der Waals surface area contributed by atoms with Crippen LogP contribution >= 0.6 is 0 Å². The molecule has 1 N–H and O–H groups in total. The van der Waals surface area contributed by atoms with Crippen molar-refractivity contribution in [3.8, 4) is 5.75 Å². The fraction of sp³-hybridized carbons (Fsp3) is 0.800. The highest BCUT2D eigenvalue weighted by Crippen LogP contribution is 2.28. The fourth-order valence-electron chi connectivity index (χ4n) is 2.27. The minimum atomic E-state index is 0.307. The molecule has 6 nitrogen and oxygen atoms in total. The zero-order valence-electron chi connectivity index (χ0n) is 14.2. The summed E-state index contributed by atoms with van der Waals surface area (Å²) in [5, 5.41) is 7.95. The van der Waals surface area contributed by atoms with Gasteiger partial charge in [0.25, 0.3) is 0 Å². The Balaban J connectivity index is 2.79. The van der Waals surface area contributed by atoms with Gasteiger partial charge in [-0.2, -0.15) is 5.10 Å². The minimum absolute atomic E-state index is 0.307. The van der Waals surface area contributed by atoms with E-state index in [9.17, 15) is 0 Å². The van der Waals surface area contributed by atoms with Crippen LogP contribution in [-0.2, 0) is 11.3 Å². The molecule has 1 aromatic rings. The highest BCUT2D eigenvalue weighted by atomic mass is 16.5. The number of nitrogens with zero attached hydrogens (tertiary/aromatic N) is 3. The third-order valence-corrected chi connectivity index (χ3v) is 3.78. The Morgan fingerprint density at radius 1 is 1.33 bits per heavy atom. The maximum Gasteiger partial charge on any atom is 0.160 e. The monoisotopic (exact) mass is 298 g/mol. The van der Waals surface area contributed by atoms with Crippen molar-refractivity contribution in [2.75, 3.05) is 48.0 Å². The van der Waals surface area contributed by atoms with Crippen LogP contribution < -0.4 is 10.1 Å². The maximum absolute atomic E-state index is 5.48. The highest BCUT2D eigenvalue weighted by Gasteiger charge is 2.22. The van der Waals surface area contributed by atoms with Crippen LogP contribution in [0.3, 0.4) is 0 Å². The summed E-state index contributed by atoms with van der Waals surface area (Å²) in [4.78, 5) is 2.16. The van der Waals surface area contributed by atoms with Crippen molar-refractivity contribution in [1.29, 1.82) is 0 Å². The molecule has 6 heteroatoms. The molecule has 0 amide bonds. The normalized spacial score (nSPS) is 14.4. The van der Waals surface area contributed by atoms with Crippen molar-refractivity contribution in [2.45, 2.75) is 32.4 Å². The Morgan fingerprint density at radius 3 is 2.62 bits per heavy atom. The molecule has 0 saturated carbocycles. The van der Waals surface area contributed by atoms with E-state index in [0.717, 1.165) is 31.1 Å². The first-order chi connectivity index (χ1) is 10.0. The first-order valence-corrected chi connectivity index (χ1v) is 7.48. The van der Waals surface area contributed by atoms with Gasteiger partial charge in [0, 0.05) is 32.2 Å². The van der Waals surface area contributed by atoms with Crippen LogP contribution in [0.5, 0.6) is 5.75 Å². The van der Waals surface area contributed by atoms with Crippen LogP contribution in [0, 0.1) is 0 Å². The summed E-state index contributed by atoms with van der Waals surface area (Å²) in [6.45, 7) is 7.76.